The number of aliphatic hydroxyl groups is 1. The Bertz CT molecular complexity index is 139. The Balaban J connectivity index is 2.69. The van der Waals surface area contributed by atoms with Gasteiger partial charge in [-0.2, -0.15) is 0 Å². The van der Waals surface area contributed by atoms with E-state index in [-0.39, 0.29) is 5.41 Å². The van der Waals surface area contributed by atoms with Crippen molar-refractivity contribution in [2.45, 2.75) is 25.9 Å². The van der Waals surface area contributed by atoms with Crippen molar-refractivity contribution in [2.75, 3.05) is 19.8 Å². The second kappa shape index (κ2) is 2.73. The van der Waals surface area contributed by atoms with Gasteiger partial charge in [0.25, 0.3) is 0 Å². The first-order valence-electron chi connectivity index (χ1n) is 4.02. The Kier molecular flexibility index (Phi) is 2.23. The van der Waals surface area contributed by atoms with Gasteiger partial charge in [-0.05, 0) is 0 Å². The van der Waals surface area contributed by atoms with Crippen LogP contribution in [0.15, 0.2) is 0 Å². The molecular weight excluding hydrogens is 142 g/mol. The van der Waals surface area contributed by atoms with E-state index in [0.29, 0.717) is 26.2 Å². The SMILES string of the molecule is CC(C)(CN)C1(O)CCOC1. The molecule has 1 aliphatic heterocycles. The van der Waals surface area contributed by atoms with Crippen molar-refractivity contribution in [3.05, 3.63) is 0 Å². The maximum absolute atomic E-state index is 10.0. The van der Waals surface area contributed by atoms with Crippen molar-refractivity contribution in [2.24, 2.45) is 11.1 Å². The summed E-state index contributed by atoms with van der Waals surface area (Å²) >= 11 is 0. The van der Waals surface area contributed by atoms with Crippen molar-refractivity contribution in [3.63, 3.8) is 0 Å². The van der Waals surface area contributed by atoms with Crippen molar-refractivity contribution in [3.8, 4) is 0 Å². The fourth-order valence-electron chi connectivity index (χ4n) is 1.28. The highest BCUT2D eigenvalue weighted by Crippen LogP contribution is 2.36. The van der Waals surface area contributed by atoms with Gasteiger partial charge in [0.2, 0.25) is 0 Å². The number of ether oxygens (including phenoxy) is 1. The third kappa shape index (κ3) is 1.41. The Morgan fingerprint density at radius 2 is 2.27 bits per heavy atom. The van der Waals surface area contributed by atoms with E-state index in [0.717, 1.165) is 0 Å². The number of hydrogen-bond donors (Lipinski definition) is 2. The summed E-state index contributed by atoms with van der Waals surface area (Å²) in [5.74, 6) is 0. The normalized spacial score (nSPS) is 32.7. The molecule has 0 aromatic heterocycles. The first-order valence-corrected chi connectivity index (χ1v) is 4.02. The van der Waals surface area contributed by atoms with Crippen LogP contribution < -0.4 is 5.73 Å². The number of hydrogen-bond acceptors (Lipinski definition) is 3. The average Bonchev–Trinajstić information content (AvgIpc) is 2.38. The van der Waals surface area contributed by atoms with E-state index in [2.05, 4.69) is 0 Å². The van der Waals surface area contributed by atoms with Crippen LogP contribution in [0.5, 0.6) is 0 Å². The molecule has 3 N–H and O–H groups in total. The zero-order valence-electron chi connectivity index (χ0n) is 7.26. The molecule has 0 bridgehead atoms. The molecule has 0 radical (unpaired) electrons. The van der Waals surface area contributed by atoms with Crippen LogP contribution in [0.3, 0.4) is 0 Å². The summed E-state index contributed by atoms with van der Waals surface area (Å²) in [5, 5.41) is 10.0. The minimum Gasteiger partial charge on any atom is -0.387 e. The van der Waals surface area contributed by atoms with Crippen molar-refractivity contribution in [1.29, 1.82) is 0 Å². The van der Waals surface area contributed by atoms with Crippen LogP contribution in [0, 0.1) is 5.41 Å². The van der Waals surface area contributed by atoms with E-state index in [1.807, 2.05) is 13.8 Å². The van der Waals surface area contributed by atoms with E-state index in [4.69, 9.17) is 10.5 Å². The van der Waals surface area contributed by atoms with Gasteiger partial charge in [0, 0.05) is 25.0 Å². The summed E-state index contributed by atoms with van der Waals surface area (Å²) in [6.07, 6.45) is 0.706. The molecule has 11 heavy (non-hydrogen) atoms. The molecule has 1 aliphatic rings. The van der Waals surface area contributed by atoms with E-state index >= 15 is 0 Å². The molecule has 0 aromatic rings. The predicted octanol–water partition coefficient (Wildman–Crippen LogP) is 0.123. The molecule has 1 atom stereocenters. The molecule has 66 valence electrons. The highest BCUT2D eigenvalue weighted by atomic mass is 16.5. The Hall–Kier alpha value is -0.120. The van der Waals surface area contributed by atoms with Crippen molar-refractivity contribution >= 4 is 0 Å². The van der Waals surface area contributed by atoms with Gasteiger partial charge in [-0.3, -0.25) is 0 Å². The molecule has 1 fully saturated rings. The molecule has 3 nitrogen and oxygen atoms in total. The smallest absolute Gasteiger partial charge is 0.0964 e. The first-order chi connectivity index (χ1) is 5.02. The molecular formula is C8H17NO2. The summed E-state index contributed by atoms with van der Waals surface area (Å²) in [7, 11) is 0. The predicted molar refractivity (Wildman–Crippen MR) is 43.2 cm³/mol. The minimum absolute atomic E-state index is 0.233. The lowest BCUT2D eigenvalue weighted by molar-refractivity contribution is -0.0648. The Labute approximate surface area is 67.5 Å². The zero-order valence-corrected chi connectivity index (χ0v) is 7.26. The molecule has 1 rings (SSSR count). The van der Waals surface area contributed by atoms with Gasteiger partial charge in [-0.1, -0.05) is 13.8 Å². The van der Waals surface area contributed by atoms with Crippen molar-refractivity contribution in [1.82, 2.24) is 0 Å². The van der Waals surface area contributed by atoms with Gasteiger partial charge < -0.3 is 15.6 Å². The largest absolute Gasteiger partial charge is 0.387 e. The van der Waals surface area contributed by atoms with Gasteiger partial charge in [-0.15, -0.1) is 0 Å². The third-order valence-corrected chi connectivity index (χ3v) is 2.77. The third-order valence-electron chi connectivity index (χ3n) is 2.77. The second-order valence-corrected chi connectivity index (χ2v) is 3.92. The van der Waals surface area contributed by atoms with Crippen molar-refractivity contribution < 1.29 is 9.84 Å². The molecule has 1 saturated heterocycles. The lowest BCUT2D eigenvalue weighted by Crippen LogP contribution is -2.49. The summed E-state index contributed by atoms with van der Waals surface area (Å²) < 4.78 is 5.14. The Morgan fingerprint density at radius 1 is 1.64 bits per heavy atom. The zero-order chi connectivity index (χ0) is 8.54. The Morgan fingerprint density at radius 3 is 2.64 bits per heavy atom. The quantitative estimate of drug-likeness (QED) is 0.602. The fourth-order valence-corrected chi connectivity index (χ4v) is 1.28. The highest BCUT2D eigenvalue weighted by molar-refractivity contribution is 4.96. The lowest BCUT2D eigenvalue weighted by Gasteiger charge is -2.37. The summed E-state index contributed by atoms with van der Waals surface area (Å²) in [6.45, 7) is 5.52. The topological polar surface area (TPSA) is 55.5 Å². The molecule has 3 heteroatoms. The van der Waals surface area contributed by atoms with Gasteiger partial charge in [0.05, 0.1) is 12.2 Å². The standard InChI is InChI=1S/C8H17NO2/c1-7(2,5-9)8(10)3-4-11-6-8/h10H,3-6,9H2,1-2H3. The maximum Gasteiger partial charge on any atom is 0.0964 e. The van der Waals surface area contributed by atoms with Crippen LogP contribution in [-0.4, -0.2) is 30.5 Å². The van der Waals surface area contributed by atoms with E-state index < -0.39 is 5.60 Å². The highest BCUT2D eigenvalue weighted by Gasteiger charge is 2.45. The fraction of sp³-hybridized carbons (Fsp3) is 1.00. The minimum atomic E-state index is -0.707. The summed E-state index contributed by atoms with van der Waals surface area (Å²) in [4.78, 5) is 0. The summed E-state index contributed by atoms with van der Waals surface area (Å²) in [6, 6.07) is 0. The average molecular weight is 159 g/mol. The van der Waals surface area contributed by atoms with E-state index in [1.54, 1.807) is 0 Å². The van der Waals surface area contributed by atoms with Gasteiger partial charge in [0.1, 0.15) is 0 Å². The van der Waals surface area contributed by atoms with Crippen LogP contribution in [0.4, 0.5) is 0 Å². The maximum atomic E-state index is 10.0. The first kappa shape index (κ1) is 8.97. The second-order valence-electron chi connectivity index (χ2n) is 3.92. The van der Waals surface area contributed by atoms with E-state index in [1.165, 1.54) is 0 Å². The monoisotopic (exact) mass is 159 g/mol. The molecule has 1 heterocycles. The molecule has 0 aromatic carbocycles. The molecule has 1 unspecified atom stereocenters. The summed E-state index contributed by atoms with van der Waals surface area (Å²) in [5.41, 5.74) is 4.62. The van der Waals surface area contributed by atoms with E-state index in [9.17, 15) is 5.11 Å². The van der Waals surface area contributed by atoms with Crippen LogP contribution in [0.2, 0.25) is 0 Å². The number of nitrogens with two attached hydrogens (primary N) is 1. The van der Waals surface area contributed by atoms with Gasteiger partial charge >= 0.3 is 0 Å². The van der Waals surface area contributed by atoms with Crippen LogP contribution in [0.25, 0.3) is 0 Å². The van der Waals surface area contributed by atoms with Crippen LogP contribution in [-0.2, 0) is 4.74 Å². The van der Waals surface area contributed by atoms with Gasteiger partial charge in [-0.25, -0.2) is 0 Å². The van der Waals surface area contributed by atoms with Crippen LogP contribution in [0.1, 0.15) is 20.3 Å². The van der Waals surface area contributed by atoms with Gasteiger partial charge in [0.15, 0.2) is 0 Å². The molecule has 0 saturated carbocycles. The molecule has 0 aliphatic carbocycles. The molecule has 0 amide bonds. The number of rotatable bonds is 2. The lowest BCUT2D eigenvalue weighted by atomic mass is 9.74. The van der Waals surface area contributed by atoms with Crippen LogP contribution >= 0.6 is 0 Å². The molecule has 0 spiro atoms.